The largest absolute Gasteiger partial charge is 0.495 e. The van der Waals surface area contributed by atoms with Crippen molar-refractivity contribution in [2.24, 2.45) is 0 Å². The molecular weight excluding hydrogens is 398 g/mol. The first-order valence-corrected chi connectivity index (χ1v) is 9.16. The van der Waals surface area contributed by atoms with Gasteiger partial charge in [-0.2, -0.15) is 0 Å². The molecule has 0 spiro atoms. The molecule has 10 heteroatoms. The van der Waals surface area contributed by atoms with Crippen molar-refractivity contribution in [1.29, 1.82) is 0 Å². The fourth-order valence-electron chi connectivity index (χ4n) is 2.57. The monoisotopic (exact) mass is 415 g/mol. The van der Waals surface area contributed by atoms with Crippen LogP contribution in [-0.4, -0.2) is 37.1 Å². The maximum absolute atomic E-state index is 12.6. The molecule has 0 aliphatic rings. The van der Waals surface area contributed by atoms with E-state index in [9.17, 15) is 14.9 Å². The number of nitrogens with one attached hydrogen (secondary N) is 1. The molecule has 3 aromatic rings. The Bertz CT molecular complexity index is 1070. The number of ether oxygens (including phenoxy) is 3. The lowest BCUT2D eigenvalue weighted by Gasteiger charge is -2.09. The minimum absolute atomic E-state index is 0.162. The fraction of sp³-hybridized carbons (Fsp3) is 0.158. The lowest BCUT2D eigenvalue weighted by Crippen LogP contribution is -2.13. The third-order valence-electron chi connectivity index (χ3n) is 4.01. The predicted molar refractivity (Wildman–Crippen MR) is 108 cm³/mol. The van der Waals surface area contributed by atoms with Crippen LogP contribution in [0, 0.1) is 10.1 Å². The Morgan fingerprint density at radius 1 is 1.03 bits per heavy atom. The van der Waals surface area contributed by atoms with Gasteiger partial charge in [0.05, 0.1) is 31.9 Å². The molecule has 2 aromatic carbocycles. The van der Waals surface area contributed by atoms with Crippen molar-refractivity contribution >= 4 is 28.6 Å². The molecule has 0 bridgehead atoms. The summed E-state index contributed by atoms with van der Waals surface area (Å²) >= 11 is 1.28. The zero-order chi connectivity index (χ0) is 21.0. The SMILES string of the molecule is COc1ccc([N+](=O)[O-])cc1NC(=O)c1csc(-c2ccc(OC)c(OC)c2)n1. The predicted octanol–water partition coefficient (Wildman–Crippen LogP) is 4.00. The highest BCUT2D eigenvalue weighted by molar-refractivity contribution is 7.13. The van der Waals surface area contributed by atoms with Crippen LogP contribution < -0.4 is 19.5 Å². The van der Waals surface area contributed by atoms with Crippen LogP contribution in [0.2, 0.25) is 0 Å². The van der Waals surface area contributed by atoms with E-state index in [4.69, 9.17) is 14.2 Å². The van der Waals surface area contributed by atoms with Gasteiger partial charge in [-0.05, 0) is 24.3 Å². The topological polar surface area (TPSA) is 113 Å². The van der Waals surface area contributed by atoms with Crippen molar-refractivity contribution in [3.63, 3.8) is 0 Å². The van der Waals surface area contributed by atoms with Crippen LogP contribution in [0.3, 0.4) is 0 Å². The number of carbonyl (C=O) groups excluding carboxylic acids is 1. The molecule has 1 heterocycles. The lowest BCUT2D eigenvalue weighted by molar-refractivity contribution is -0.384. The van der Waals surface area contributed by atoms with Gasteiger partial charge in [0.2, 0.25) is 0 Å². The van der Waals surface area contributed by atoms with Crippen molar-refractivity contribution in [2.45, 2.75) is 0 Å². The highest BCUT2D eigenvalue weighted by Crippen LogP contribution is 2.34. The standard InChI is InChI=1S/C19H17N3O6S/c1-26-15-7-5-12(22(24)25)9-13(15)20-18(23)14-10-29-19(21-14)11-4-6-16(27-2)17(8-11)28-3/h4-10H,1-3H3,(H,20,23). The molecule has 0 aliphatic carbocycles. The average Bonchev–Trinajstić information content (AvgIpc) is 3.23. The second kappa shape index (κ2) is 8.57. The Morgan fingerprint density at radius 2 is 1.72 bits per heavy atom. The molecule has 0 atom stereocenters. The highest BCUT2D eigenvalue weighted by atomic mass is 32.1. The number of rotatable bonds is 7. The Labute approximate surface area is 170 Å². The number of aromatic nitrogens is 1. The Kier molecular flexibility index (Phi) is 5.93. The van der Waals surface area contributed by atoms with Crippen LogP contribution in [0.5, 0.6) is 17.2 Å². The van der Waals surface area contributed by atoms with Gasteiger partial charge in [-0.1, -0.05) is 0 Å². The summed E-state index contributed by atoms with van der Waals surface area (Å²) in [6.07, 6.45) is 0. The van der Waals surface area contributed by atoms with Crippen LogP contribution in [0.1, 0.15) is 10.5 Å². The number of nitrogens with zero attached hydrogens (tertiary/aromatic N) is 2. The normalized spacial score (nSPS) is 10.3. The number of nitro benzene ring substituents is 1. The number of nitro groups is 1. The summed E-state index contributed by atoms with van der Waals surface area (Å²) in [5.74, 6) is 0.933. The molecule has 1 amide bonds. The quantitative estimate of drug-likeness (QED) is 0.458. The molecule has 0 unspecified atom stereocenters. The molecule has 0 fully saturated rings. The molecule has 0 aliphatic heterocycles. The van der Waals surface area contributed by atoms with Gasteiger partial charge >= 0.3 is 0 Å². The van der Waals surface area contributed by atoms with E-state index in [1.54, 1.807) is 24.6 Å². The van der Waals surface area contributed by atoms with Crippen LogP contribution >= 0.6 is 11.3 Å². The molecule has 29 heavy (non-hydrogen) atoms. The number of hydrogen-bond donors (Lipinski definition) is 1. The van der Waals surface area contributed by atoms with Gasteiger partial charge in [0.1, 0.15) is 16.5 Å². The van der Waals surface area contributed by atoms with E-state index in [0.717, 1.165) is 5.56 Å². The minimum atomic E-state index is -0.549. The number of non-ortho nitro benzene ring substituents is 1. The molecule has 0 saturated heterocycles. The van der Waals surface area contributed by atoms with Crippen molar-refractivity contribution in [3.05, 3.63) is 57.6 Å². The van der Waals surface area contributed by atoms with Crippen molar-refractivity contribution in [2.75, 3.05) is 26.6 Å². The Hall–Kier alpha value is -3.66. The van der Waals surface area contributed by atoms with Gasteiger partial charge in [0, 0.05) is 23.1 Å². The summed E-state index contributed by atoms with van der Waals surface area (Å²) in [6.45, 7) is 0. The van der Waals surface area contributed by atoms with Crippen LogP contribution in [0.25, 0.3) is 10.6 Å². The van der Waals surface area contributed by atoms with E-state index >= 15 is 0 Å². The van der Waals surface area contributed by atoms with Gasteiger partial charge in [-0.15, -0.1) is 11.3 Å². The first kappa shape index (κ1) is 20.1. The fourth-order valence-corrected chi connectivity index (χ4v) is 3.37. The van der Waals surface area contributed by atoms with Gasteiger partial charge in [0.15, 0.2) is 11.5 Å². The number of amides is 1. The zero-order valence-corrected chi connectivity index (χ0v) is 16.6. The van der Waals surface area contributed by atoms with E-state index in [1.165, 1.54) is 43.8 Å². The van der Waals surface area contributed by atoms with E-state index in [0.29, 0.717) is 22.3 Å². The molecule has 150 valence electrons. The second-order valence-electron chi connectivity index (χ2n) is 5.70. The summed E-state index contributed by atoms with van der Waals surface area (Å²) in [4.78, 5) is 27.4. The Morgan fingerprint density at radius 3 is 2.38 bits per heavy atom. The zero-order valence-electron chi connectivity index (χ0n) is 15.8. The van der Waals surface area contributed by atoms with E-state index in [-0.39, 0.29) is 17.1 Å². The summed E-state index contributed by atoms with van der Waals surface area (Å²) in [5.41, 5.74) is 0.964. The molecule has 1 aromatic heterocycles. The molecule has 1 N–H and O–H groups in total. The number of benzene rings is 2. The molecule has 0 saturated carbocycles. The van der Waals surface area contributed by atoms with E-state index in [1.807, 2.05) is 6.07 Å². The Balaban J connectivity index is 1.85. The number of hydrogen-bond acceptors (Lipinski definition) is 8. The summed E-state index contributed by atoms with van der Waals surface area (Å²) in [5, 5.41) is 15.8. The molecule has 0 radical (unpaired) electrons. The first-order valence-electron chi connectivity index (χ1n) is 8.28. The third kappa shape index (κ3) is 4.27. The highest BCUT2D eigenvalue weighted by Gasteiger charge is 2.17. The number of methoxy groups -OCH3 is 3. The summed E-state index contributed by atoms with van der Waals surface area (Å²) < 4.78 is 15.7. The molecule has 9 nitrogen and oxygen atoms in total. The van der Waals surface area contributed by atoms with E-state index in [2.05, 4.69) is 10.3 Å². The van der Waals surface area contributed by atoms with Gasteiger partial charge in [-0.3, -0.25) is 14.9 Å². The molecule has 3 rings (SSSR count). The van der Waals surface area contributed by atoms with Gasteiger partial charge in [0.25, 0.3) is 11.6 Å². The second-order valence-corrected chi connectivity index (χ2v) is 6.56. The number of carbonyl (C=O) groups is 1. The lowest BCUT2D eigenvalue weighted by atomic mass is 10.2. The van der Waals surface area contributed by atoms with Crippen molar-refractivity contribution in [3.8, 4) is 27.8 Å². The van der Waals surface area contributed by atoms with Crippen LogP contribution in [0.15, 0.2) is 41.8 Å². The van der Waals surface area contributed by atoms with Gasteiger partial charge < -0.3 is 19.5 Å². The summed E-state index contributed by atoms with van der Waals surface area (Å²) in [6, 6.07) is 9.28. The van der Waals surface area contributed by atoms with Crippen molar-refractivity contribution in [1.82, 2.24) is 4.98 Å². The number of anilines is 1. The van der Waals surface area contributed by atoms with E-state index < -0.39 is 10.8 Å². The van der Waals surface area contributed by atoms with Crippen LogP contribution in [-0.2, 0) is 0 Å². The average molecular weight is 415 g/mol. The van der Waals surface area contributed by atoms with Gasteiger partial charge in [-0.25, -0.2) is 4.98 Å². The first-order chi connectivity index (χ1) is 14.0. The maximum atomic E-state index is 12.6. The minimum Gasteiger partial charge on any atom is -0.495 e. The molecular formula is C19H17N3O6S. The smallest absolute Gasteiger partial charge is 0.275 e. The maximum Gasteiger partial charge on any atom is 0.275 e. The van der Waals surface area contributed by atoms with Crippen molar-refractivity contribution < 1.29 is 23.9 Å². The van der Waals surface area contributed by atoms with Crippen LogP contribution in [0.4, 0.5) is 11.4 Å². The number of thiazole rings is 1. The third-order valence-corrected chi connectivity index (χ3v) is 4.90. The summed E-state index contributed by atoms with van der Waals surface area (Å²) in [7, 11) is 4.50.